The van der Waals surface area contributed by atoms with Crippen molar-refractivity contribution in [1.82, 2.24) is 25.2 Å². The maximum atomic E-state index is 13.1. The summed E-state index contributed by atoms with van der Waals surface area (Å²) in [4.78, 5) is 27.8. The molecule has 1 amide bonds. The number of pyridine rings is 1. The van der Waals surface area contributed by atoms with Crippen molar-refractivity contribution >= 4 is 37.6 Å². The van der Waals surface area contributed by atoms with Gasteiger partial charge in [-0.15, -0.1) is 0 Å². The number of halogens is 3. The Morgan fingerprint density at radius 2 is 2.05 bits per heavy atom. The zero-order chi connectivity index (χ0) is 27.1. The van der Waals surface area contributed by atoms with Gasteiger partial charge in [-0.1, -0.05) is 28.7 Å². The molecule has 2 unspecified atom stereocenters. The molecule has 3 aliphatic rings. The highest BCUT2D eigenvalue weighted by Crippen LogP contribution is 2.41. The molecule has 4 heterocycles. The van der Waals surface area contributed by atoms with Gasteiger partial charge in [0.25, 0.3) is 12.3 Å². The summed E-state index contributed by atoms with van der Waals surface area (Å²) >= 11 is 6.20. The molecule has 0 saturated heterocycles. The first-order valence-corrected chi connectivity index (χ1v) is 13.9. The van der Waals surface area contributed by atoms with Gasteiger partial charge in [-0.2, -0.15) is 4.98 Å². The normalized spacial score (nSPS) is 20.0. The molecule has 0 aromatic carbocycles. The van der Waals surface area contributed by atoms with Gasteiger partial charge in [-0.05, 0) is 66.0 Å². The predicted octanol–water partition coefficient (Wildman–Crippen LogP) is 4.63. The molecule has 0 spiro atoms. The number of nitrogens with zero attached hydrogens (tertiary/aromatic N) is 4. The molecule has 2 aromatic heterocycles. The monoisotopic (exact) mass is 561 g/mol. The first kappa shape index (κ1) is 27.1. The van der Waals surface area contributed by atoms with Crippen LogP contribution in [0.15, 0.2) is 22.9 Å². The van der Waals surface area contributed by atoms with E-state index in [1.165, 1.54) is 0 Å². The van der Waals surface area contributed by atoms with Gasteiger partial charge in [-0.25, -0.2) is 18.7 Å². The second-order valence-electron chi connectivity index (χ2n) is 10.1. The van der Waals surface area contributed by atoms with Crippen molar-refractivity contribution in [1.29, 1.82) is 0 Å². The number of ether oxygens (including phenoxy) is 1. The maximum absolute atomic E-state index is 13.1. The van der Waals surface area contributed by atoms with E-state index in [0.29, 0.717) is 36.6 Å². The Labute approximate surface area is 228 Å². The summed E-state index contributed by atoms with van der Waals surface area (Å²) in [5.41, 5.74) is 7.55. The van der Waals surface area contributed by atoms with Crippen molar-refractivity contribution < 1.29 is 18.3 Å². The number of nitrogens with one attached hydrogen (secondary N) is 1. The van der Waals surface area contributed by atoms with Gasteiger partial charge in [-0.3, -0.25) is 9.69 Å². The molecular formula is C27H31ClF2N5O2P. The second kappa shape index (κ2) is 10.9. The quantitative estimate of drug-likeness (QED) is 0.409. The summed E-state index contributed by atoms with van der Waals surface area (Å²) in [6, 6.07) is 0. The fourth-order valence-electron chi connectivity index (χ4n) is 5.63. The Bertz CT molecular complexity index is 1360. The number of alkyl halides is 2. The third-order valence-corrected chi connectivity index (χ3v) is 8.42. The topological polar surface area (TPSA) is 80.2 Å². The lowest BCUT2D eigenvalue weighted by Gasteiger charge is -2.31. The standard InChI is InChI=1S/C27H31ClF2N5O2P/c1-4-16-17(21-14(3)13(2)9-31-24(21)36)6-5-15-10-32-26(23(38)22(15)16)37-25-18-11-35(12-20(29)30)8-7-19(18)33-27(28)34-25/h10,13,20H,4-9,11-12,38H2,1-3H3,(H,31,36). The number of allylic oxidation sites excluding steroid dienone is 1. The van der Waals surface area contributed by atoms with E-state index in [2.05, 4.69) is 50.3 Å². The van der Waals surface area contributed by atoms with Crippen molar-refractivity contribution in [3.05, 3.63) is 50.6 Å². The summed E-state index contributed by atoms with van der Waals surface area (Å²) in [6.45, 7) is 7.30. The first-order chi connectivity index (χ1) is 18.2. The lowest BCUT2D eigenvalue weighted by molar-refractivity contribution is -0.117. The highest BCUT2D eigenvalue weighted by atomic mass is 35.5. The van der Waals surface area contributed by atoms with Crippen LogP contribution in [0.1, 0.15) is 56.0 Å². The van der Waals surface area contributed by atoms with Crippen LogP contribution in [0.2, 0.25) is 5.28 Å². The number of fused-ring (bicyclic) bond motifs is 2. The second-order valence-corrected chi connectivity index (χ2v) is 11.0. The van der Waals surface area contributed by atoms with Gasteiger partial charge < -0.3 is 10.1 Å². The smallest absolute Gasteiger partial charge is 0.251 e. The molecule has 2 aliphatic heterocycles. The van der Waals surface area contributed by atoms with Crippen LogP contribution < -0.4 is 15.4 Å². The zero-order valence-corrected chi connectivity index (χ0v) is 23.6. The minimum atomic E-state index is -2.43. The maximum Gasteiger partial charge on any atom is 0.251 e. The van der Waals surface area contributed by atoms with Crippen LogP contribution in [0.3, 0.4) is 0 Å². The Kier molecular flexibility index (Phi) is 7.81. The van der Waals surface area contributed by atoms with Crippen LogP contribution in [-0.4, -0.2) is 51.8 Å². The van der Waals surface area contributed by atoms with Gasteiger partial charge in [0.05, 0.1) is 17.8 Å². The van der Waals surface area contributed by atoms with Crippen LogP contribution in [0, 0.1) is 5.92 Å². The van der Waals surface area contributed by atoms with Crippen molar-refractivity contribution in [2.75, 3.05) is 19.6 Å². The molecule has 0 fully saturated rings. The fourth-order valence-corrected chi connectivity index (χ4v) is 6.30. The molecule has 2 atom stereocenters. The van der Waals surface area contributed by atoms with E-state index in [-0.39, 0.29) is 36.1 Å². The van der Waals surface area contributed by atoms with E-state index in [4.69, 9.17) is 16.3 Å². The molecule has 0 radical (unpaired) electrons. The lowest BCUT2D eigenvalue weighted by atomic mass is 9.78. The number of carbonyl (C=O) groups is 1. The van der Waals surface area contributed by atoms with Crippen LogP contribution in [0.25, 0.3) is 5.57 Å². The summed E-state index contributed by atoms with van der Waals surface area (Å²) in [7, 11) is 2.75. The van der Waals surface area contributed by atoms with Gasteiger partial charge >= 0.3 is 0 Å². The van der Waals surface area contributed by atoms with E-state index < -0.39 is 6.43 Å². The molecule has 0 saturated carbocycles. The van der Waals surface area contributed by atoms with E-state index >= 15 is 0 Å². The summed E-state index contributed by atoms with van der Waals surface area (Å²) in [5.74, 6) is 0.833. The molecule has 2 aromatic rings. The van der Waals surface area contributed by atoms with Crippen LogP contribution >= 0.6 is 20.8 Å². The Hall–Kier alpha value is -2.48. The molecule has 38 heavy (non-hydrogen) atoms. The number of carbonyl (C=O) groups excluding carboxylic acids is 1. The number of amides is 1. The molecule has 0 bridgehead atoms. The third kappa shape index (κ3) is 5.08. The van der Waals surface area contributed by atoms with Gasteiger partial charge in [0.1, 0.15) is 0 Å². The number of hydrogen-bond donors (Lipinski definition) is 1. The van der Waals surface area contributed by atoms with Crippen molar-refractivity contribution in [2.24, 2.45) is 5.92 Å². The van der Waals surface area contributed by atoms with Crippen LogP contribution in [0.4, 0.5) is 8.78 Å². The molecule has 11 heteroatoms. The number of rotatable bonds is 6. The molecular weight excluding hydrogens is 531 g/mol. The number of hydrogen-bond acceptors (Lipinski definition) is 6. The number of aryl methyl sites for hydroxylation is 1. The summed E-state index contributed by atoms with van der Waals surface area (Å²) < 4.78 is 32.4. The van der Waals surface area contributed by atoms with Gasteiger partial charge in [0, 0.05) is 43.1 Å². The van der Waals surface area contributed by atoms with Crippen LogP contribution in [-0.2, 0) is 24.2 Å². The van der Waals surface area contributed by atoms with Crippen molar-refractivity contribution in [3.8, 4) is 11.8 Å². The summed E-state index contributed by atoms with van der Waals surface area (Å²) in [5, 5.41) is 3.84. The Morgan fingerprint density at radius 1 is 1.26 bits per heavy atom. The van der Waals surface area contributed by atoms with Crippen molar-refractivity contribution in [2.45, 2.75) is 59.4 Å². The molecule has 5 rings (SSSR count). The lowest BCUT2D eigenvalue weighted by Crippen LogP contribution is -2.37. The largest absolute Gasteiger partial charge is 0.419 e. The minimum absolute atomic E-state index is 0.0172. The average molecular weight is 562 g/mol. The SMILES string of the molecule is CCC1=C(C2=C(C)C(C)CNC2=O)CCc2cnc(Oc3nc(Cl)nc4c3CN(CC(F)F)CC4)c(P)c21. The first-order valence-electron chi connectivity index (χ1n) is 12.9. The number of aromatic nitrogens is 3. The predicted molar refractivity (Wildman–Crippen MR) is 146 cm³/mol. The van der Waals surface area contributed by atoms with Crippen molar-refractivity contribution in [3.63, 3.8) is 0 Å². The minimum Gasteiger partial charge on any atom is -0.419 e. The van der Waals surface area contributed by atoms with E-state index in [1.54, 1.807) is 4.90 Å². The fraction of sp³-hybridized carbons (Fsp3) is 0.481. The molecule has 1 aliphatic carbocycles. The van der Waals surface area contributed by atoms with Gasteiger partial charge in [0.2, 0.25) is 17.0 Å². The third-order valence-electron chi connectivity index (χ3n) is 7.72. The Balaban J connectivity index is 1.56. The zero-order valence-electron chi connectivity index (χ0n) is 21.7. The van der Waals surface area contributed by atoms with E-state index in [1.807, 2.05) is 6.20 Å². The molecule has 1 N–H and O–H groups in total. The average Bonchev–Trinajstić information content (AvgIpc) is 2.88. The molecule has 202 valence electrons. The van der Waals surface area contributed by atoms with Gasteiger partial charge in [0.15, 0.2) is 0 Å². The highest BCUT2D eigenvalue weighted by molar-refractivity contribution is 7.28. The van der Waals surface area contributed by atoms with Crippen LogP contribution in [0.5, 0.6) is 11.8 Å². The highest BCUT2D eigenvalue weighted by Gasteiger charge is 2.32. The van der Waals surface area contributed by atoms with E-state index in [0.717, 1.165) is 58.0 Å². The molecule has 7 nitrogen and oxygen atoms in total. The Morgan fingerprint density at radius 3 is 2.79 bits per heavy atom. The van der Waals surface area contributed by atoms with E-state index in [9.17, 15) is 13.6 Å². The summed E-state index contributed by atoms with van der Waals surface area (Å²) in [6.07, 6.45) is 2.13.